The molecule has 1 saturated heterocycles. The van der Waals surface area contributed by atoms with E-state index in [4.69, 9.17) is 20.8 Å². The van der Waals surface area contributed by atoms with Gasteiger partial charge in [-0.15, -0.1) is 0 Å². The highest BCUT2D eigenvalue weighted by molar-refractivity contribution is 6.51. The van der Waals surface area contributed by atoms with Gasteiger partial charge in [-0.25, -0.2) is 4.39 Å². The molecule has 6 nitrogen and oxygen atoms in total. The summed E-state index contributed by atoms with van der Waals surface area (Å²) >= 11 is 5.94. The lowest BCUT2D eigenvalue weighted by atomic mass is 9.99. The second-order valence-corrected chi connectivity index (χ2v) is 8.70. The molecular formula is C27H25ClFNO5. The molecule has 4 rings (SSSR count). The predicted molar refractivity (Wildman–Crippen MR) is 131 cm³/mol. The number of aliphatic hydroxyl groups excluding tert-OH is 1. The highest BCUT2D eigenvalue weighted by Gasteiger charge is 2.48. The first-order valence-electron chi connectivity index (χ1n) is 11.4. The van der Waals surface area contributed by atoms with Crippen molar-refractivity contribution < 1.29 is 28.2 Å². The minimum absolute atomic E-state index is 0.138. The molecule has 1 aliphatic rings. The number of halogens is 2. The summed E-state index contributed by atoms with van der Waals surface area (Å²) in [6.45, 7) is 4.43. The van der Waals surface area contributed by atoms with Gasteiger partial charge in [0, 0.05) is 11.3 Å². The van der Waals surface area contributed by atoms with E-state index < -0.39 is 23.5 Å². The molecule has 1 fully saturated rings. The molecular weight excluding hydrogens is 473 g/mol. The number of amides is 1. The summed E-state index contributed by atoms with van der Waals surface area (Å²) in [5.41, 5.74) is 0.406. The van der Waals surface area contributed by atoms with Crippen LogP contribution in [-0.2, 0) is 9.59 Å². The van der Waals surface area contributed by atoms with E-state index in [2.05, 4.69) is 6.92 Å². The average Bonchev–Trinajstić information content (AvgIpc) is 3.39. The highest BCUT2D eigenvalue weighted by Crippen LogP contribution is 2.43. The number of ketones is 1. The SMILES string of the molecule is CCCCCOc1ccc(/C(O)=C2/C(=O)C(=O)N(c3ccc(F)c(Cl)c3)C2c2ccc(C)o2)cc1. The fourth-order valence-corrected chi connectivity index (χ4v) is 4.18. The third kappa shape index (κ3) is 4.95. The van der Waals surface area contributed by atoms with Crippen LogP contribution in [0.4, 0.5) is 10.1 Å². The van der Waals surface area contributed by atoms with Crippen LogP contribution in [0.5, 0.6) is 5.75 Å². The smallest absolute Gasteiger partial charge is 0.300 e. The molecule has 35 heavy (non-hydrogen) atoms. The number of benzene rings is 2. The molecule has 2 aromatic carbocycles. The van der Waals surface area contributed by atoms with Gasteiger partial charge in [0.2, 0.25) is 0 Å². The molecule has 182 valence electrons. The fraction of sp³-hybridized carbons (Fsp3) is 0.259. The van der Waals surface area contributed by atoms with Gasteiger partial charge in [0.1, 0.15) is 34.9 Å². The first-order valence-corrected chi connectivity index (χ1v) is 11.7. The topological polar surface area (TPSA) is 80.0 Å². The fourth-order valence-electron chi connectivity index (χ4n) is 4.01. The van der Waals surface area contributed by atoms with Crippen LogP contribution in [0, 0.1) is 12.7 Å². The second kappa shape index (κ2) is 10.4. The van der Waals surface area contributed by atoms with E-state index >= 15 is 0 Å². The molecule has 1 aliphatic heterocycles. The Morgan fingerprint density at radius 3 is 2.49 bits per heavy atom. The number of unbranched alkanes of at least 4 members (excludes halogenated alkanes) is 2. The summed E-state index contributed by atoms with van der Waals surface area (Å²) in [4.78, 5) is 27.4. The van der Waals surface area contributed by atoms with Crippen LogP contribution >= 0.6 is 11.6 Å². The molecule has 1 N–H and O–H groups in total. The second-order valence-electron chi connectivity index (χ2n) is 8.30. The first kappa shape index (κ1) is 24.5. The van der Waals surface area contributed by atoms with Crippen LogP contribution in [0.25, 0.3) is 5.76 Å². The number of carbonyl (C=O) groups is 2. The summed E-state index contributed by atoms with van der Waals surface area (Å²) in [6.07, 6.45) is 3.11. The number of carbonyl (C=O) groups excluding carboxylic acids is 2. The van der Waals surface area contributed by atoms with Crippen molar-refractivity contribution in [3.05, 3.63) is 88.1 Å². The lowest BCUT2D eigenvalue weighted by molar-refractivity contribution is -0.132. The Bertz CT molecular complexity index is 1280. The van der Waals surface area contributed by atoms with E-state index in [-0.39, 0.29) is 27.8 Å². The van der Waals surface area contributed by atoms with Gasteiger partial charge < -0.3 is 14.3 Å². The Morgan fingerprint density at radius 1 is 1.11 bits per heavy atom. The Kier molecular flexibility index (Phi) is 7.26. The Balaban J connectivity index is 1.75. The molecule has 3 aromatic rings. The van der Waals surface area contributed by atoms with Gasteiger partial charge in [0.05, 0.1) is 17.2 Å². The number of anilines is 1. The Hall–Kier alpha value is -3.58. The van der Waals surface area contributed by atoms with E-state index in [0.717, 1.165) is 30.2 Å². The minimum Gasteiger partial charge on any atom is -0.507 e. The van der Waals surface area contributed by atoms with Gasteiger partial charge in [-0.2, -0.15) is 0 Å². The van der Waals surface area contributed by atoms with E-state index in [1.807, 2.05) is 0 Å². The molecule has 2 heterocycles. The quantitative estimate of drug-likeness (QED) is 0.165. The molecule has 1 atom stereocenters. The van der Waals surface area contributed by atoms with Crippen LogP contribution in [-0.4, -0.2) is 23.4 Å². The lowest BCUT2D eigenvalue weighted by Crippen LogP contribution is -2.29. The number of hydrogen-bond donors (Lipinski definition) is 1. The maximum atomic E-state index is 13.8. The van der Waals surface area contributed by atoms with Gasteiger partial charge in [-0.1, -0.05) is 31.4 Å². The van der Waals surface area contributed by atoms with Gasteiger partial charge in [-0.05, 0) is 67.9 Å². The number of hydrogen-bond acceptors (Lipinski definition) is 5. The number of aryl methyl sites for hydroxylation is 1. The number of furan rings is 1. The molecule has 0 aliphatic carbocycles. The van der Waals surface area contributed by atoms with Gasteiger partial charge in [-0.3, -0.25) is 14.5 Å². The number of aliphatic hydroxyl groups is 1. The third-order valence-corrected chi connectivity index (χ3v) is 6.09. The summed E-state index contributed by atoms with van der Waals surface area (Å²) in [5.74, 6) is -1.31. The monoisotopic (exact) mass is 497 g/mol. The summed E-state index contributed by atoms with van der Waals surface area (Å²) in [7, 11) is 0. The largest absolute Gasteiger partial charge is 0.507 e. The third-order valence-electron chi connectivity index (χ3n) is 5.80. The normalized spacial score (nSPS) is 17.3. The van der Waals surface area contributed by atoms with E-state index in [9.17, 15) is 19.1 Å². The maximum Gasteiger partial charge on any atom is 0.300 e. The summed E-state index contributed by atoms with van der Waals surface area (Å²) in [6, 6.07) is 12.6. The summed E-state index contributed by atoms with van der Waals surface area (Å²) in [5, 5.41) is 11.0. The molecule has 1 aromatic heterocycles. The van der Waals surface area contributed by atoms with Gasteiger partial charge in [0.15, 0.2) is 0 Å². The number of Topliss-reactive ketones (excluding diaryl/α,β-unsaturated/α-hetero) is 1. The van der Waals surface area contributed by atoms with Crippen LogP contribution in [0.3, 0.4) is 0 Å². The van der Waals surface area contributed by atoms with Crippen molar-refractivity contribution in [2.24, 2.45) is 0 Å². The molecule has 0 saturated carbocycles. The number of nitrogens with zero attached hydrogens (tertiary/aromatic N) is 1. The highest BCUT2D eigenvalue weighted by atomic mass is 35.5. The standard InChI is InChI=1S/C27H25ClFNO5/c1-3-4-5-14-34-19-10-7-17(8-11-19)25(31)23-24(22-13-6-16(2)35-22)30(27(33)26(23)32)18-9-12-21(29)20(28)15-18/h6-13,15,24,31H,3-5,14H2,1-2H3/b25-23-. The predicted octanol–water partition coefficient (Wildman–Crippen LogP) is 6.58. The van der Waals surface area contributed by atoms with Crippen LogP contribution in [0.15, 0.2) is 64.6 Å². The maximum absolute atomic E-state index is 13.8. The zero-order valence-corrected chi connectivity index (χ0v) is 20.1. The van der Waals surface area contributed by atoms with Crippen molar-refractivity contribution in [2.45, 2.75) is 39.2 Å². The van der Waals surface area contributed by atoms with Crippen LogP contribution in [0.2, 0.25) is 5.02 Å². The van der Waals surface area contributed by atoms with Crippen LogP contribution in [0.1, 0.15) is 49.3 Å². The molecule has 1 amide bonds. The van der Waals surface area contributed by atoms with E-state index in [1.165, 1.54) is 12.1 Å². The van der Waals surface area contributed by atoms with Gasteiger partial charge in [0.25, 0.3) is 11.7 Å². The van der Waals surface area contributed by atoms with Crippen LogP contribution < -0.4 is 9.64 Å². The molecule has 0 bridgehead atoms. The summed E-state index contributed by atoms with van der Waals surface area (Å²) < 4.78 is 25.2. The molecule has 0 radical (unpaired) electrons. The Labute approximate surface area is 207 Å². The van der Waals surface area contributed by atoms with E-state index in [1.54, 1.807) is 43.3 Å². The lowest BCUT2D eigenvalue weighted by Gasteiger charge is -2.23. The first-order chi connectivity index (χ1) is 16.8. The zero-order valence-electron chi connectivity index (χ0n) is 19.4. The molecule has 1 unspecified atom stereocenters. The van der Waals surface area contributed by atoms with Crippen molar-refractivity contribution in [3.63, 3.8) is 0 Å². The van der Waals surface area contributed by atoms with Crippen molar-refractivity contribution >= 4 is 34.7 Å². The van der Waals surface area contributed by atoms with Crippen molar-refractivity contribution in [1.82, 2.24) is 0 Å². The molecule has 8 heteroatoms. The van der Waals surface area contributed by atoms with E-state index in [0.29, 0.717) is 23.7 Å². The Morgan fingerprint density at radius 2 is 1.86 bits per heavy atom. The van der Waals surface area contributed by atoms with Crippen molar-refractivity contribution in [3.8, 4) is 5.75 Å². The van der Waals surface area contributed by atoms with Gasteiger partial charge >= 0.3 is 0 Å². The minimum atomic E-state index is -1.06. The zero-order chi connectivity index (χ0) is 25.1. The number of rotatable bonds is 8. The van der Waals surface area contributed by atoms with Crippen molar-refractivity contribution in [1.29, 1.82) is 0 Å². The van der Waals surface area contributed by atoms with Crippen molar-refractivity contribution in [2.75, 3.05) is 11.5 Å². The number of ether oxygens (including phenoxy) is 1. The molecule has 0 spiro atoms. The average molecular weight is 498 g/mol.